The summed E-state index contributed by atoms with van der Waals surface area (Å²) in [5, 5.41) is 11.5. The minimum atomic E-state index is 0.313. The molecular weight excluding hydrogens is 1490 g/mol. The van der Waals surface area contributed by atoms with E-state index in [4.69, 9.17) is 0 Å². The summed E-state index contributed by atoms with van der Waals surface area (Å²) in [5.74, 6) is 0.313. The van der Waals surface area contributed by atoms with E-state index in [1.807, 2.05) is 35.2 Å². The van der Waals surface area contributed by atoms with Crippen LogP contribution in [0.1, 0.15) is 162 Å². The van der Waals surface area contributed by atoms with E-state index < -0.39 is 0 Å². The van der Waals surface area contributed by atoms with Gasteiger partial charge in [-0.15, -0.1) is 22.7 Å². The maximum atomic E-state index is 11.3. The van der Waals surface area contributed by atoms with Crippen LogP contribution >= 0.6 is 22.7 Å². The fourth-order valence-electron chi connectivity index (χ4n) is 15.0. The van der Waals surface area contributed by atoms with Crippen LogP contribution in [0.2, 0.25) is 0 Å². The average Bonchev–Trinajstić information content (AvgIpc) is 1.66. The molecule has 0 amide bonds. The zero-order chi connectivity index (χ0) is 85.8. The van der Waals surface area contributed by atoms with E-state index in [1.165, 1.54) is 211 Å². The molecule has 0 bridgehead atoms. The van der Waals surface area contributed by atoms with Crippen LogP contribution in [0.4, 0.5) is 0 Å². The van der Waals surface area contributed by atoms with Crippen LogP contribution in [0, 0.1) is 152 Å². The molecule has 7 aromatic heterocycles. The number of nitrogens with zero attached hydrogens (tertiary/aromatic N) is 7. The molecule has 0 aliphatic heterocycles. The Hall–Kier alpha value is -11.4. The van der Waals surface area contributed by atoms with Gasteiger partial charge in [-0.25, -0.2) is 4.98 Å². The lowest BCUT2D eigenvalue weighted by atomic mass is 10.0. The van der Waals surface area contributed by atoms with E-state index in [9.17, 15) is 4.79 Å². The lowest BCUT2D eigenvalue weighted by Crippen LogP contribution is -1.93. The average molecular weight is 1610 g/mol. The summed E-state index contributed by atoms with van der Waals surface area (Å²) < 4.78 is 9.27. The summed E-state index contributed by atoms with van der Waals surface area (Å²) in [5.41, 5.74) is 45.2. The third-order valence-corrected chi connectivity index (χ3v) is 26.1. The maximum absolute atomic E-state index is 11.3. The van der Waals surface area contributed by atoms with Crippen LogP contribution < -0.4 is 0 Å². The molecule has 10 heteroatoms. The van der Waals surface area contributed by atoms with Gasteiger partial charge in [-0.05, 0) is 453 Å². The van der Waals surface area contributed by atoms with Crippen molar-refractivity contribution in [3.8, 4) is 0 Å². The van der Waals surface area contributed by atoms with Crippen molar-refractivity contribution in [2.45, 2.75) is 184 Å². The number of aromatic nitrogens is 7. The first kappa shape index (κ1) is 88.4. The molecule has 0 unspecified atom stereocenters. The second kappa shape index (κ2) is 39.4. The monoisotopic (exact) mass is 1610 g/mol. The van der Waals surface area contributed by atoms with Gasteiger partial charge in [0, 0.05) is 102 Å². The van der Waals surface area contributed by atoms with E-state index >= 15 is 0 Å². The van der Waals surface area contributed by atoms with Gasteiger partial charge in [-0.2, -0.15) is 0 Å². The number of benzene rings is 11. The van der Waals surface area contributed by atoms with Crippen molar-refractivity contribution in [2.75, 3.05) is 0 Å². The highest BCUT2D eigenvalue weighted by Gasteiger charge is 2.20. The highest BCUT2D eigenvalue weighted by atomic mass is 32.1. The van der Waals surface area contributed by atoms with E-state index in [-0.39, 0.29) is 0 Å². The third-order valence-electron chi connectivity index (χ3n) is 24.5. The van der Waals surface area contributed by atoms with Crippen LogP contribution in [0.5, 0.6) is 0 Å². The fraction of sp³-hybridized carbons (Fsp3) is 0.275. The molecule has 0 radical (unpaired) electrons. The number of rotatable bonds is 0. The van der Waals surface area contributed by atoms with Gasteiger partial charge in [0.2, 0.25) is 0 Å². The number of thiazole rings is 1. The summed E-state index contributed by atoms with van der Waals surface area (Å²) in [6.07, 6.45) is 15.1. The summed E-state index contributed by atoms with van der Waals surface area (Å²) in [6, 6.07) is 63.2. The van der Waals surface area contributed by atoms with Crippen molar-refractivity contribution < 1.29 is 4.79 Å². The fourth-order valence-corrected chi connectivity index (χ4v) is 16.7. The van der Waals surface area contributed by atoms with Crippen LogP contribution in [-0.4, -0.2) is 39.4 Å². The van der Waals surface area contributed by atoms with E-state index in [1.54, 1.807) is 34.9 Å². The van der Waals surface area contributed by atoms with Crippen molar-refractivity contribution in [2.24, 2.45) is 21.1 Å². The zero-order valence-corrected chi connectivity index (χ0v) is 76.8. The summed E-state index contributed by atoms with van der Waals surface area (Å²) in [6.45, 7) is 47.2. The molecule has 0 saturated carbocycles. The lowest BCUT2D eigenvalue weighted by molar-refractivity contribution is 0.0994. The number of ketones is 1. The SMILES string of the molecule is Cc1cc2c(C)c(C)n(C)c2cc1C.Cc1cc2c(cc1C)C(=O)CC2.Cc1cc2c(cc1C)CCC2.Cc1cc2ccccc2cc1C.Cc1cc2cccnc2cc1C.Cc1cc2ccn(C)c2cc1C.Cc1cc2ccn(C)c2cc1C.Cc1cc2ccsc2cc1C.Cc1cc2nccnc2cc1C.Cc1cc2ncsc2cc1C. The van der Waals surface area contributed by atoms with Crippen LogP contribution in [-0.2, 0) is 40.4 Å². The summed E-state index contributed by atoms with van der Waals surface area (Å²) >= 11 is 3.51. The first-order valence-corrected chi connectivity index (χ1v) is 43.5. The largest absolute Gasteiger partial charge is 0.351 e. The number of thiophene rings is 1. The number of Topliss-reactive ketones (excluding diaryl/α,β-unsaturated/α-hetero) is 1. The second-order valence-electron chi connectivity index (χ2n) is 33.2. The zero-order valence-electron chi connectivity index (χ0n) is 75.2. The Kier molecular flexibility index (Phi) is 29.3. The maximum Gasteiger partial charge on any atom is 0.163 e. The van der Waals surface area contributed by atoms with Gasteiger partial charge in [0.1, 0.15) is 0 Å². The quantitative estimate of drug-likeness (QED) is 0.151. The number of fused-ring (bicyclic) bond motifs is 10. The van der Waals surface area contributed by atoms with Crippen LogP contribution in [0.25, 0.3) is 85.7 Å². The number of carbonyl (C=O) groups excluding carboxylic acids is 1. The molecule has 0 N–H and O–H groups in total. The van der Waals surface area contributed by atoms with Crippen molar-refractivity contribution in [1.82, 2.24) is 33.6 Å². The molecule has 0 atom stereocenters. The van der Waals surface area contributed by atoms with E-state index in [0.29, 0.717) is 12.2 Å². The number of aryl methyl sites for hydroxylation is 27. The highest BCUT2D eigenvalue weighted by Crippen LogP contribution is 2.31. The number of pyridine rings is 1. The summed E-state index contributed by atoms with van der Waals surface area (Å²) in [7, 11) is 6.30. The van der Waals surface area contributed by atoms with Crippen molar-refractivity contribution in [1.29, 1.82) is 0 Å². The van der Waals surface area contributed by atoms with E-state index in [2.05, 4.69) is 389 Å². The Bertz CT molecular complexity index is 6060. The number of hydrogen-bond donors (Lipinski definition) is 0. The van der Waals surface area contributed by atoms with E-state index in [0.717, 1.165) is 34.1 Å². The molecule has 11 aromatic carbocycles. The van der Waals surface area contributed by atoms with Gasteiger partial charge in [-0.1, -0.05) is 66.7 Å². The minimum absolute atomic E-state index is 0.313. The Morgan fingerprint density at radius 2 is 0.681 bits per heavy atom. The van der Waals surface area contributed by atoms with Gasteiger partial charge in [0.05, 0.1) is 32.3 Å². The van der Waals surface area contributed by atoms with Crippen LogP contribution in [0.15, 0.2) is 218 Å². The smallest absolute Gasteiger partial charge is 0.163 e. The van der Waals surface area contributed by atoms with Gasteiger partial charge in [0.25, 0.3) is 0 Å². The predicted molar refractivity (Wildman–Crippen MR) is 517 cm³/mol. The summed E-state index contributed by atoms with van der Waals surface area (Å²) in [4.78, 5) is 28.3. The molecule has 7 heterocycles. The molecule has 610 valence electrons. The molecule has 2 aliphatic rings. The molecule has 20 rings (SSSR count). The number of hydrogen-bond acceptors (Lipinski definition) is 7. The predicted octanol–water partition coefficient (Wildman–Crippen LogP) is 29.2. The first-order valence-electron chi connectivity index (χ1n) is 41.7. The molecular formula is C109H121N7OS2. The second-order valence-corrected chi connectivity index (χ2v) is 35.0. The minimum Gasteiger partial charge on any atom is -0.351 e. The van der Waals surface area contributed by atoms with Crippen molar-refractivity contribution in [3.05, 3.63) is 363 Å². The molecule has 0 fully saturated rings. The topological polar surface area (TPSA) is 83.4 Å². The van der Waals surface area contributed by atoms with Crippen LogP contribution in [0.3, 0.4) is 0 Å². The first-order chi connectivity index (χ1) is 56.7. The Balaban J connectivity index is 0.000000130. The molecule has 2 aliphatic carbocycles. The third kappa shape index (κ3) is 21.9. The molecule has 0 spiro atoms. The van der Waals surface area contributed by atoms with Gasteiger partial charge in [-0.3, -0.25) is 19.7 Å². The molecule has 119 heavy (non-hydrogen) atoms. The van der Waals surface area contributed by atoms with Gasteiger partial charge in [0.15, 0.2) is 5.78 Å². The Morgan fingerprint density at radius 1 is 0.294 bits per heavy atom. The van der Waals surface area contributed by atoms with Crippen molar-refractivity contribution >= 4 is 114 Å². The van der Waals surface area contributed by atoms with Crippen molar-refractivity contribution in [3.63, 3.8) is 0 Å². The van der Waals surface area contributed by atoms with Gasteiger partial charge >= 0.3 is 0 Å². The highest BCUT2D eigenvalue weighted by molar-refractivity contribution is 7.17. The lowest BCUT2D eigenvalue weighted by Gasteiger charge is -2.03. The molecule has 8 nitrogen and oxygen atoms in total. The Morgan fingerprint density at radius 3 is 1.20 bits per heavy atom. The molecule has 0 saturated heterocycles. The Labute approximate surface area is 715 Å². The number of carbonyl (C=O) groups is 1. The van der Waals surface area contributed by atoms with Gasteiger partial charge < -0.3 is 13.7 Å². The molecule has 18 aromatic rings. The standard InChI is InChI=1S/C13H17N.C12H12.2C11H13N.C11H11N.C11H12O.C11H14.C10H10N2.C10H10S.C9H9NS/c1-8-6-12-10(3)11(4)14(5)13(12)7-9(8)2;1-9-7-11-5-3-4-6-12(11)8-10(9)2;2*1-8-6-10-4-5-12(3)11(10)7-9(8)2;1-8-6-10-4-3-5-12-11(10)7-9(8)2;1-7-5-9-3-4-11(12)10(9)6-8(7)2;1-8-6-10-4-3-5-11(10)7-9(8)2;1-7-5-9-10(6-8(7)2)12-4-3-11-9;1-7-5-9-3-4-11-10(9)6-8(7)2;1-6-3-8-9(4-7(6)2)11-5-10-8/h6-7H,1-5H3;3-8H,1-2H3;2*4-7H,1-3H3;3-7H,1-2H3;5-6H,3-4H2,1-2H3;6-7H,3-5H2,1-2H3;3-6H,1-2H3;3-6H,1-2H3;3-5H,1-2H3. The normalized spacial score (nSPS) is 11.6.